The molecule has 3 aliphatic rings. The zero-order valence-electron chi connectivity index (χ0n) is 17.5. The fraction of sp³-hybridized carbons (Fsp3) is 0.364. The number of nitrogens with one attached hydrogen (secondary N) is 1. The smallest absolute Gasteiger partial charge is 0.261 e. The molecule has 1 N–H and O–H groups in total. The van der Waals surface area contributed by atoms with Crippen LogP contribution in [0.15, 0.2) is 52.3 Å². The van der Waals surface area contributed by atoms with Gasteiger partial charge >= 0.3 is 0 Å². The largest absolute Gasteiger partial charge is 0.379 e. The molecule has 0 radical (unpaired) electrons. The third-order valence-corrected chi connectivity index (χ3v) is 9.46. The molecule has 0 spiro atoms. The predicted molar refractivity (Wildman–Crippen MR) is 121 cm³/mol. The molecular formula is C22H23N3O5S2. The fourth-order valence-electron chi connectivity index (χ4n) is 4.35. The minimum absolute atomic E-state index is 0.0852. The number of carbonyl (C=O) groups is 2. The lowest BCUT2D eigenvalue weighted by molar-refractivity contribution is -0.121. The quantitative estimate of drug-likeness (QED) is 0.733. The Hall–Kier alpha value is -2.40. The summed E-state index contributed by atoms with van der Waals surface area (Å²) in [6.07, 6.45) is 0.682. The molecule has 2 saturated heterocycles. The maximum absolute atomic E-state index is 13.5. The van der Waals surface area contributed by atoms with E-state index in [0.29, 0.717) is 44.8 Å². The van der Waals surface area contributed by atoms with Gasteiger partial charge < -0.3 is 10.1 Å². The van der Waals surface area contributed by atoms with Crippen LogP contribution in [0.2, 0.25) is 0 Å². The van der Waals surface area contributed by atoms with Crippen LogP contribution < -0.4 is 10.2 Å². The summed E-state index contributed by atoms with van der Waals surface area (Å²) in [4.78, 5) is 27.7. The molecule has 3 heterocycles. The maximum Gasteiger partial charge on any atom is 0.261 e. The average Bonchev–Trinajstić information content (AvgIpc) is 3.31. The lowest BCUT2D eigenvalue weighted by Crippen LogP contribution is -2.49. The number of nitrogens with zero attached hydrogens (tertiary/aromatic N) is 2. The van der Waals surface area contributed by atoms with E-state index in [0.717, 1.165) is 16.1 Å². The molecule has 1 atom stereocenters. The first-order valence-electron chi connectivity index (χ1n) is 10.4. The number of hydrogen-bond donors (Lipinski definition) is 1. The molecule has 0 aliphatic carbocycles. The molecule has 0 aromatic heterocycles. The lowest BCUT2D eigenvalue weighted by atomic mass is 10.1. The van der Waals surface area contributed by atoms with Gasteiger partial charge in [0.15, 0.2) is 4.87 Å². The van der Waals surface area contributed by atoms with E-state index >= 15 is 0 Å². The van der Waals surface area contributed by atoms with Crippen molar-refractivity contribution >= 4 is 45.0 Å². The number of benzene rings is 2. The highest BCUT2D eigenvalue weighted by atomic mass is 32.2. The van der Waals surface area contributed by atoms with Gasteiger partial charge in [0.2, 0.25) is 15.9 Å². The summed E-state index contributed by atoms with van der Waals surface area (Å²) in [5.74, 6) is -0.411. The molecule has 2 fully saturated rings. The minimum Gasteiger partial charge on any atom is -0.379 e. The van der Waals surface area contributed by atoms with Gasteiger partial charge in [0, 0.05) is 30.1 Å². The van der Waals surface area contributed by atoms with E-state index in [1.807, 2.05) is 31.2 Å². The zero-order valence-corrected chi connectivity index (χ0v) is 19.2. The molecule has 10 heteroatoms. The normalized spacial score (nSPS) is 23.2. The number of rotatable bonds is 4. The minimum atomic E-state index is -3.70. The van der Waals surface area contributed by atoms with Crippen LogP contribution in [0.1, 0.15) is 18.4 Å². The second-order valence-electron chi connectivity index (χ2n) is 8.03. The summed E-state index contributed by atoms with van der Waals surface area (Å²) in [6, 6.07) is 12.2. The number of amides is 2. The van der Waals surface area contributed by atoms with E-state index in [2.05, 4.69) is 5.32 Å². The number of ether oxygens (including phenoxy) is 1. The number of sulfonamides is 1. The Balaban J connectivity index is 1.45. The highest BCUT2D eigenvalue weighted by molar-refractivity contribution is 8.02. The van der Waals surface area contributed by atoms with E-state index in [1.165, 1.54) is 22.1 Å². The van der Waals surface area contributed by atoms with Gasteiger partial charge in [-0.3, -0.25) is 14.5 Å². The number of para-hydroxylation sites is 1. The second-order valence-corrected chi connectivity index (χ2v) is 11.3. The summed E-state index contributed by atoms with van der Waals surface area (Å²) in [5.41, 5.74) is 1.91. The number of morpholine rings is 1. The summed E-state index contributed by atoms with van der Waals surface area (Å²) >= 11 is 1.38. The van der Waals surface area contributed by atoms with E-state index in [4.69, 9.17) is 4.74 Å². The van der Waals surface area contributed by atoms with Crippen LogP contribution in [-0.2, 0) is 24.3 Å². The van der Waals surface area contributed by atoms with Crippen molar-refractivity contribution in [1.29, 1.82) is 0 Å². The van der Waals surface area contributed by atoms with Gasteiger partial charge in [0.05, 0.1) is 23.8 Å². The molecule has 8 nitrogen and oxygen atoms in total. The Kier molecular flexibility index (Phi) is 5.28. The standard InChI is InChI=1S/C22H23N3O5S2/c1-15-6-7-16(32(28,29)24-10-12-30-13-11-24)14-17(15)23-21(27)22-9-8-20(26)25(22)18-4-2-3-5-19(18)31-22/h2-7,14H,8-13H2,1H3,(H,23,27). The summed E-state index contributed by atoms with van der Waals surface area (Å²) < 4.78 is 32.8. The van der Waals surface area contributed by atoms with Gasteiger partial charge in [-0.1, -0.05) is 30.0 Å². The monoisotopic (exact) mass is 473 g/mol. The van der Waals surface area contributed by atoms with Crippen LogP contribution in [0, 0.1) is 6.92 Å². The maximum atomic E-state index is 13.5. The number of carbonyl (C=O) groups excluding carboxylic acids is 2. The van der Waals surface area contributed by atoms with Crippen molar-refractivity contribution in [3.05, 3.63) is 48.0 Å². The Morgan fingerprint density at radius 3 is 2.69 bits per heavy atom. The molecule has 32 heavy (non-hydrogen) atoms. The van der Waals surface area contributed by atoms with Crippen molar-refractivity contribution < 1.29 is 22.7 Å². The van der Waals surface area contributed by atoms with Crippen LogP contribution in [0.25, 0.3) is 0 Å². The first-order chi connectivity index (χ1) is 15.3. The van der Waals surface area contributed by atoms with Crippen molar-refractivity contribution in [2.45, 2.75) is 34.4 Å². The molecule has 1 unspecified atom stereocenters. The zero-order chi connectivity index (χ0) is 22.5. The molecule has 2 aromatic rings. The SMILES string of the molecule is Cc1ccc(S(=O)(=O)N2CCOCC2)cc1NC(=O)C12CCC(=O)N1c1ccccc1S2. The summed E-state index contributed by atoms with van der Waals surface area (Å²) in [6.45, 7) is 3.13. The van der Waals surface area contributed by atoms with E-state index in [1.54, 1.807) is 17.0 Å². The Bertz CT molecular complexity index is 1210. The highest BCUT2D eigenvalue weighted by Gasteiger charge is 2.57. The molecule has 3 aliphatic heterocycles. The molecule has 2 amide bonds. The third-order valence-electron chi connectivity index (χ3n) is 6.09. The summed E-state index contributed by atoms with van der Waals surface area (Å²) in [5, 5.41) is 2.92. The second kappa shape index (κ2) is 7.87. The lowest BCUT2D eigenvalue weighted by Gasteiger charge is -2.30. The van der Waals surface area contributed by atoms with Gasteiger partial charge in [0.1, 0.15) is 0 Å². The van der Waals surface area contributed by atoms with Crippen LogP contribution in [0.3, 0.4) is 0 Å². The fourth-order valence-corrected chi connectivity index (χ4v) is 7.20. The first kappa shape index (κ1) is 21.4. The number of thioether (sulfide) groups is 1. The van der Waals surface area contributed by atoms with Crippen molar-refractivity contribution in [3.63, 3.8) is 0 Å². The number of anilines is 2. The van der Waals surface area contributed by atoms with Crippen molar-refractivity contribution in [3.8, 4) is 0 Å². The third kappa shape index (κ3) is 3.33. The van der Waals surface area contributed by atoms with Gasteiger partial charge in [-0.2, -0.15) is 4.31 Å². The Morgan fingerprint density at radius 1 is 1.16 bits per heavy atom. The average molecular weight is 474 g/mol. The van der Waals surface area contributed by atoms with E-state index in [-0.39, 0.29) is 16.7 Å². The number of fused-ring (bicyclic) bond motifs is 3. The van der Waals surface area contributed by atoms with Gasteiger partial charge in [0.25, 0.3) is 5.91 Å². The predicted octanol–water partition coefficient (Wildman–Crippen LogP) is 2.58. The summed E-state index contributed by atoms with van der Waals surface area (Å²) in [7, 11) is -3.70. The van der Waals surface area contributed by atoms with Crippen molar-refractivity contribution in [1.82, 2.24) is 4.31 Å². The molecule has 168 valence electrons. The van der Waals surface area contributed by atoms with E-state index < -0.39 is 14.9 Å². The molecule has 0 saturated carbocycles. The van der Waals surface area contributed by atoms with Crippen LogP contribution in [0.5, 0.6) is 0 Å². The van der Waals surface area contributed by atoms with Crippen molar-refractivity contribution in [2.75, 3.05) is 36.5 Å². The Morgan fingerprint density at radius 2 is 1.91 bits per heavy atom. The van der Waals surface area contributed by atoms with Gasteiger partial charge in [-0.15, -0.1) is 0 Å². The first-order valence-corrected chi connectivity index (χ1v) is 12.7. The topological polar surface area (TPSA) is 96.0 Å². The molecule has 5 rings (SSSR count). The highest BCUT2D eigenvalue weighted by Crippen LogP contribution is 2.56. The number of aryl methyl sites for hydroxylation is 1. The van der Waals surface area contributed by atoms with Gasteiger partial charge in [-0.25, -0.2) is 8.42 Å². The van der Waals surface area contributed by atoms with Crippen LogP contribution >= 0.6 is 11.8 Å². The number of hydrogen-bond acceptors (Lipinski definition) is 6. The molecular weight excluding hydrogens is 450 g/mol. The molecule has 2 aromatic carbocycles. The van der Waals surface area contributed by atoms with Gasteiger partial charge in [-0.05, 0) is 43.2 Å². The van der Waals surface area contributed by atoms with E-state index in [9.17, 15) is 18.0 Å². The van der Waals surface area contributed by atoms with Crippen molar-refractivity contribution in [2.24, 2.45) is 0 Å². The van der Waals surface area contributed by atoms with Crippen LogP contribution in [-0.4, -0.2) is 55.7 Å². The molecule has 0 bridgehead atoms. The Labute approximate surface area is 191 Å². The van der Waals surface area contributed by atoms with Crippen LogP contribution in [0.4, 0.5) is 11.4 Å².